The third-order valence-electron chi connectivity index (χ3n) is 3.62. The summed E-state index contributed by atoms with van der Waals surface area (Å²) < 4.78 is 0. The summed E-state index contributed by atoms with van der Waals surface area (Å²) >= 11 is 1.53. The minimum absolute atomic E-state index is 0.267. The minimum atomic E-state index is -0.946. The number of aromatic carboxylic acids is 1. The Bertz CT molecular complexity index is 868. The zero-order valence-electron chi connectivity index (χ0n) is 12.0. The molecule has 0 unspecified atom stereocenters. The van der Waals surface area contributed by atoms with Gasteiger partial charge in [0.1, 0.15) is 0 Å². The lowest BCUT2D eigenvalue weighted by Crippen LogP contribution is -2.02. The summed E-state index contributed by atoms with van der Waals surface area (Å²) in [5.74, 6) is -0.946. The van der Waals surface area contributed by atoms with Gasteiger partial charge in [0.2, 0.25) is 0 Å². The largest absolute Gasteiger partial charge is 0.478 e. The highest BCUT2D eigenvalue weighted by molar-refractivity contribution is 7.09. The molecule has 0 aliphatic heterocycles. The van der Waals surface area contributed by atoms with E-state index in [0.29, 0.717) is 11.1 Å². The smallest absolute Gasteiger partial charge is 0.336 e. The predicted octanol–water partition coefficient (Wildman–Crippen LogP) is 3.98. The highest BCUT2D eigenvalue weighted by atomic mass is 32.1. The fourth-order valence-corrected chi connectivity index (χ4v) is 2.93. The van der Waals surface area contributed by atoms with Gasteiger partial charge in [0.15, 0.2) is 0 Å². The van der Waals surface area contributed by atoms with E-state index in [1.54, 1.807) is 6.07 Å². The van der Waals surface area contributed by atoms with E-state index in [2.05, 4.69) is 9.97 Å². The van der Waals surface area contributed by atoms with Crippen molar-refractivity contribution in [3.8, 4) is 11.4 Å². The Balaban J connectivity index is 2.38. The molecule has 3 rings (SSSR count). The number of carboxylic acid groups (broad SMARTS) is 1. The molecule has 2 aromatic heterocycles. The van der Waals surface area contributed by atoms with Gasteiger partial charge in [-0.3, -0.25) is 0 Å². The van der Waals surface area contributed by atoms with Crippen LogP contribution in [0.25, 0.3) is 22.3 Å². The summed E-state index contributed by atoms with van der Waals surface area (Å²) in [5, 5.41) is 13.0. The lowest BCUT2D eigenvalue weighted by atomic mass is 10.0. The third kappa shape index (κ3) is 2.29. The molecule has 0 fully saturated rings. The maximum Gasteiger partial charge on any atom is 0.336 e. The molecule has 0 aliphatic rings. The van der Waals surface area contributed by atoms with Crippen molar-refractivity contribution in [3.05, 3.63) is 45.3 Å². The first-order chi connectivity index (χ1) is 9.97. The van der Waals surface area contributed by atoms with Crippen molar-refractivity contribution in [2.45, 2.75) is 20.8 Å². The molecule has 2 heterocycles. The SMILES string of the molecule is Cc1nc(-c2cc(C(=O)O)c3ccc(C)c(C)c3n2)cs1. The van der Waals surface area contributed by atoms with Gasteiger partial charge in [-0.2, -0.15) is 0 Å². The van der Waals surface area contributed by atoms with Crippen LogP contribution in [0.4, 0.5) is 0 Å². The van der Waals surface area contributed by atoms with Crippen molar-refractivity contribution in [2.24, 2.45) is 0 Å². The predicted molar refractivity (Wildman–Crippen MR) is 84.0 cm³/mol. The van der Waals surface area contributed by atoms with Gasteiger partial charge in [-0.25, -0.2) is 14.8 Å². The monoisotopic (exact) mass is 298 g/mol. The van der Waals surface area contributed by atoms with Crippen molar-refractivity contribution < 1.29 is 9.90 Å². The second-order valence-corrected chi connectivity index (χ2v) is 6.08. The van der Waals surface area contributed by atoms with Gasteiger partial charge >= 0.3 is 5.97 Å². The van der Waals surface area contributed by atoms with Gasteiger partial charge in [0.25, 0.3) is 0 Å². The summed E-state index contributed by atoms with van der Waals surface area (Å²) in [5.41, 5.74) is 4.43. The minimum Gasteiger partial charge on any atom is -0.478 e. The molecule has 0 bridgehead atoms. The van der Waals surface area contributed by atoms with Crippen LogP contribution in [-0.2, 0) is 0 Å². The Morgan fingerprint density at radius 1 is 1.14 bits per heavy atom. The molecule has 0 spiro atoms. The highest BCUT2D eigenvalue weighted by Crippen LogP contribution is 2.28. The van der Waals surface area contributed by atoms with E-state index < -0.39 is 5.97 Å². The van der Waals surface area contributed by atoms with E-state index in [4.69, 9.17) is 0 Å². The molecule has 3 aromatic rings. The van der Waals surface area contributed by atoms with E-state index in [1.807, 2.05) is 38.3 Å². The standard InChI is InChI=1S/C16H14N2O2S/c1-8-4-5-11-12(16(19)20)6-13(18-15(11)9(8)2)14-7-21-10(3)17-14/h4-7H,1-3H3,(H,19,20). The van der Waals surface area contributed by atoms with Crippen LogP contribution in [0.3, 0.4) is 0 Å². The van der Waals surface area contributed by atoms with Crippen LogP contribution in [0.5, 0.6) is 0 Å². The fraction of sp³-hybridized carbons (Fsp3) is 0.188. The van der Waals surface area contributed by atoms with E-state index in [-0.39, 0.29) is 5.56 Å². The van der Waals surface area contributed by atoms with Crippen LogP contribution in [-0.4, -0.2) is 21.0 Å². The Hall–Kier alpha value is -2.27. The number of hydrogen-bond donors (Lipinski definition) is 1. The number of fused-ring (bicyclic) bond motifs is 1. The van der Waals surface area contributed by atoms with Crippen LogP contribution < -0.4 is 0 Å². The molecule has 1 N–H and O–H groups in total. The summed E-state index contributed by atoms with van der Waals surface area (Å²) in [6, 6.07) is 5.36. The van der Waals surface area contributed by atoms with E-state index in [1.165, 1.54) is 11.3 Å². The number of pyridine rings is 1. The van der Waals surface area contributed by atoms with E-state index >= 15 is 0 Å². The molecule has 1 aromatic carbocycles. The maximum atomic E-state index is 11.6. The summed E-state index contributed by atoms with van der Waals surface area (Å²) in [4.78, 5) is 20.6. The Kier molecular flexibility index (Phi) is 3.22. The molecular weight excluding hydrogens is 284 g/mol. The van der Waals surface area contributed by atoms with Crippen molar-refractivity contribution in [1.82, 2.24) is 9.97 Å². The number of rotatable bonds is 2. The maximum absolute atomic E-state index is 11.6. The van der Waals surface area contributed by atoms with Gasteiger partial charge < -0.3 is 5.11 Å². The first kappa shape index (κ1) is 13.7. The summed E-state index contributed by atoms with van der Waals surface area (Å²) in [7, 11) is 0. The van der Waals surface area contributed by atoms with Crippen molar-refractivity contribution in [3.63, 3.8) is 0 Å². The fourth-order valence-electron chi connectivity index (χ4n) is 2.32. The first-order valence-corrected chi connectivity index (χ1v) is 7.42. The molecule has 106 valence electrons. The van der Waals surface area contributed by atoms with E-state index in [9.17, 15) is 9.90 Å². The van der Waals surface area contributed by atoms with Gasteiger partial charge in [-0.05, 0) is 38.0 Å². The van der Waals surface area contributed by atoms with Crippen LogP contribution in [0.2, 0.25) is 0 Å². The molecule has 0 aliphatic carbocycles. The van der Waals surface area contributed by atoms with Crippen LogP contribution in [0.15, 0.2) is 23.6 Å². The van der Waals surface area contributed by atoms with Gasteiger partial charge in [0.05, 0.1) is 27.5 Å². The van der Waals surface area contributed by atoms with Gasteiger partial charge in [-0.15, -0.1) is 11.3 Å². The van der Waals surface area contributed by atoms with Gasteiger partial charge in [0, 0.05) is 10.8 Å². The quantitative estimate of drug-likeness (QED) is 0.777. The number of nitrogens with zero attached hydrogens (tertiary/aromatic N) is 2. The number of benzene rings is 1. The molecular formula is C16H14N2O2S. The van der Waals surface area contributed by atoms with Crippen LogP contribution >= 0.6 is 11.3 Å². The number of carboxylic acids is 1. The highest BCUT2D eigenvalue weighted by Gasteiger charge is 2.16. The first-order valence-electron chi connectivity index (χ1n) is 6.54. The second-order valence-electron chi connectivity index (χ2n) is 5.02. The molecule has 21 heavy (non-hydrogen) atoms. The zero-order chi connectivity index (χ0) is 15.1. The third-order valence-corrected chi connectivity index (χ3v) is 4.39. The summed E-state index contributed by atoms with van der Waals surface area (Å²) in [6.45, 7) is 5.88. The van der Waals surface area contributed by atoms with Crippen molar-refractivity contribution in [1.29, 1.82) is 0 Å². The average molecular weight is 298 g/mol. The molecule has 4 nitrogen and oxygen atoms in total. The average Bonchev–Trinajstić information content (AvgIpc) is 2.88. The summed E-state index contributed by atoms with van der Waals surface area (Å²) in [6.07, 6.45) is 0. The lowest BCUT2D eigenvalue weighted by Gasteiger charge is -2.09. The molecule has 0 radical (unpaired) electrons. The Morgan fingerprint density at radius 2 is 1.90 bits per heavy atom. The van der Waals surface area contributed by atoms with Crippen LogP contribution in [0, 0.1) is 20.8 Å². The molecule has 0 saturated carbocycles. The normalized spacial score (nSPS) is 11.0. The van der Waals surface area contributed by atoms with Crippen molar-refractivity contribution >= 4 is 28.2 Å². The lowest BCUT2D eigenvalue weighted by molar-refractivity contribution is 0.0699. The Labute approximate surface area is 126 Å². The number of aryl methyl sites for hydroxylation is 3. The number of carbonyl (C=O) groups is 1. The van der Waals surface area contributed by atoms with Crippen molar-refractivity contribution in [2.75, 3.05) is 0 Å². The number of thiazole rings is 1. The topological polar surface area (TPSA) is 63.1 Å². The number of hydrogen-bond acceptors (Lipinski definition) is 4. The molecule has 5 heteroatoms. The second kappa shape index (κ2) is 4.93. The molecule has 0 amide bonds. The molecule has 0 atom stereocenters. The van der Waals surface area contributed by atoms with Gasteiger partial charge in [-0.1, -0.05) is 12.1 Å². The number of aromatic nitrogens is 2. The zero-order valence-corrected chi connectivity index (χ0v) is 12.8. The van der Waals surface area contributed by atoms with E-state index in [0.717, 1.165) is 27.3 Å². The molecule has 0 saturated heterocycles. The van der Waals surface area contributed by atoms with Crippen LogP contribution in [0.1, 0.15) is 26.5 Å². The Morgan fingerprint density at radius 3 is 2.52 bits per heavy atom.